The number of carbonyl (C=O) groups is 1. The van der Waals surface area contributed by atoms with Crippen LogP contribution in [0.2, 0.25) is 0 Å². The van der Waals surface area contributed by atoms with Crippen LogP contribution in [0.4, 0.5) is 0 Å². The number of nitrogens with zero attached hydrogens (tertiary/aromatic N) is 2. The smallest absolute Gasteiger partial charge is 0.254 e. The molecule has 0 aliphatic rings. The Balaban J connectivity index is 1.93. The van der Waals surface area contributed by atoms with Gasteiger partial charge in [-0.2, -0.15) is 5.10 Å². The lowest BCUT2D eigenvalue weighted by atomic mass is 10.1. The summed E-state index contributed by atoms with van der Waals surface area (Å²) in [5.41, 5.74) is 2.93. The van der Waals surface area contributed by atoms with E-state index >= 15 is 0 Å². The maximum atomic E-state index is 11.9. The van der Waals surface area contributed by atoms with E-state index in [1.165, 1.54) is 11.8 Å². The molecule has 0 saturated carbocycles. The van der Waals surface area contributed by atoms with E-state index in [1.807, 2.05) is 12.1 Å². The first-order valence-corrected chi connectivity index (χ1v) is 7.30. The second kappa shape index (κ2) is 7.59. The van der Waals surface area contributed by atoms with Crippen molar-refractivity contribution in [1.29, 1.82) is 0 Å². The Morgan fingerprint density at radius 3 is 2.71 bits per heavy atom. The summed E-state index contributed by atoms with van der Waals surface area (Å²) in [5.74, 6) is -0.113. The van der Waals surface area contributed by atoms with Crippen molar-refractivity contribution in [2.75, 3.05) is 13.1 Å². The van der Waals surface area contributed by atoms with Crippen molar-refractivity contribution in [3.05, 3.63) is 53.3 Å². The number of rotatable bonds is 7. The summed E-state index contributed by atoms with van der Waals surface area (Å²) in [6, 6.07) is 8.34. The predicted molar refractivity (Wildman–Crippen MR) is 82.8 cm³/mol. The molecule has 0 radical (unpaired) electrons. The van der Waals surface area contributed by atoms with Crippen LogP contribution in [-0.2, 0) is 13.1 Å². The first-order chi connectivity index (χ1) is 10.2. The third-order valence-corrected chi connectivity index (χ3v) is 3.51. The lowest BCUT2D eigenvalue weighted by molar-refractivity contribution is 0.0951. The summed E-state index contributed by atoms with van der Waals surface area (Å²) in [4.78, 5) is 14.2. The summed E-state index contributed by atoms with van der Waals surface area (Å²) in [7, 11) is 0. The van der Waals surface area contributed by atoms with Crippen molar-refractivity contribution >= 4 is 5.91 Å². The van der Waals surface area contributed by atoms with Crippen molar-refractivity contribution in [1.82, 2.24) is 20.4 Å². The summed E-state index contributed by atoms with van der Waals surface area (Å²) in [5, 5.41) is 9.31. The number of aromatic amines is 1. The maximum absolute atomic E-state index is 11.9. The molecule has 21 heavy (non-hydrogen) atoms. The molecule has 2 rings (SSSR count). The lowest BCUT2D eigenvalue weighted by Crippen LogP contribution is -2.23. The van der Waals surface area contributed by atoms with Crippen LogP contribution in [0, 0.1) is 0 Å². The van der Waals surface area contributed by atoms with Gasteiger partial charge in [0.25, 0.3) is 5.91 Å². The average Bonchev–Trinajstić information content (AvgIpc) is 3.05. The van der Waals surface area contributed by atoms with Crippen molar-refractivity contribution in [3.8, 4) is 0 Å². The molecule has 1 heterocycles. The van der Waals surface area contributed by atoms with Crippen LogP contribution in [-0.4, -0.2) is 34.1 Å². The summed E-state index contributed by atoms with van der Waals surface area (Å²) >= 11 is 0. The minimum absolute atomic E-state index is 0.113. The van der Waals surface area contributed by atoms with Gasteiger partial charge in [-0.3, -0.25) is 14.8 Å². The molecule has 112 valence electrons. The van der Waals surface area contributed by atoms with Crippen LogP contribution in [0.15, 0.2) is 36.7 Å². The summed E-state index contributed by atoms with van der Waals surface area (Å²) in [6.07, 6.45) is 3.11. The van der Waals surface area contributed by atoms with Gasteiger partial charge in [0.1, 0.15) is 0 Å². The zero-order valence-electron chi connectivity index (χ0n) is 12.6. The summed E-state index contributed by atoms with van der Waals surface area (Å²) < 4.78 is 0. The standard InChI is InChI=1S/C16H22N4O/c1-3-20(4-2)12-14-7-5-6-13(8-14)9-17-16(21)15-10-18-19-11-15/h5-8,10-11H,3-4,9,12H2,1-2H3,(H,17,21)(H,18,19). The zero-order chi connectivity index (χ0) is 15.1. The van der Waals surface area contributed by atoms with Gasteiger partial charge in [0.2, 0.25) is 0 Å². The Labute approximate surface area is 125 Å². The maximum Gasteiger partial charge on any atom is 0.254 e. The SMILES string of the molecule is CCN(CC)Cc1cccc(CNC(=O)c2cn[nH]c2)c1. The van der Waals surface area contributed by atoms with Crippen molar-refractivity contribution in [3.63, 3.8) is 0 Å². The molecule has 1 aromatic heterocycles. The average molecular weight is 286 g/mol. The Bertz CT molecular complexity index is 561. The second-order valence-electron chi connectivity index (χ2n) is 4.95. The number of benzene rings is 1. The van der Waals surface area contributed by atoms with Crippen LogP contribution in [0.25, 0.3) is 0 Å². The number of amides is 1. The van der Waals surface area contributed by atoms with Gasteiger partial charge in [0.05, 0.1) is 11.8 Å². The highest BCUT2D eigenvalue weighted by atomic mass is 16.1. The van der Waals surface area contributed by atoms with Crippen molar-refractivity contribution in [2.45, 2.75) is 26.9 Å². The highest BCUT2D eigenvalue weighted by molar-refractivity contribution is 5.93. The van der Waals surface area contributed by atoms with E-state index in [2.05, 4.69) is 46.4 Å². The van der Waals surface area contributed by atoms with Gasteiger partial charge in [-0.05, 0) is 24.2 Å². The fraction of sp³-hybridized carbons (Fsp3) is 0.375. The monoisotopic (exact) mass is 286 g/mol. The first kappa shape index (κ1) is 15.3. The normalized spacial score (nSPS) is 10.8. The lowest BCUT2D eigenvalue weighted by Gasteiger charge is -2.18. The van der Waals surface area contributed by atoms with E-state index in [0.717, 1.165) is 25.2 Å². The number of H-pyrrole nitrogens is 1. The molecule has 0 bridgehead atoms. The predicted octanol–water partition coefficient (Wildman–Crippen LogP) is 2.18. The van der Waals surface area contributed by atoms with Gasteiger partial charge >= 0.3 is 0 Å². The van der Waals surface area contributed by atoms with E-state index in [1.54, 1.807) is 6.20 Å². The van der Waals surface area contributed by atoms with Crippen molar-refractivity contribution < 1.29 is 4.79 Å². The van der Waals surface area contributed by atoms with E-state index in [4.69, 9.17) is 0 Å². The molecular formula is C16H22N4O. The molecule has 0 fully saturated rings. The number of aromatic nitrogens is 2. The molecule has 0 spiro atoms. The van der Waals surface area contributed by atoms with Gasteiger partial charge in [0, 0.05) is 19.3 Å². The Morgan fingerprint density at radius 1 is 1.29 bits per heavy atom. The first-order valence-electron chi connectivity index (χ1n) is 7.30. The fourth-order valence-corrected chi connectivity index (χ4v) is 2.20. The molecule has 0 atom stereocenters. The Hall–Kier alpha value is -2.14. The molecule has 0 aliphatic heterocycles. The highest BCUT2D eigenvalue weighted by Crippen LogP contribution is 2.08. The molecule has 5 nitrogen and oxygen atoms in total. The van der Waals surface area contributed by atoms with Gasteiger partial charge in [-0.25, -0.2) is 0 Å². The van der Waals surface area contributed by atoms with Gasteiger partial charge in [-0.15, -0.1) is 0 Å². The number of hydrogen-bond donors (Lipinski definition) is 2. The molecular weight excluding hydrogens is 264 g/mol. The van der Waals surface area contributed by atoms with Crippen LogP contribution in [0.1, 0.15) is 35.3 Å². The van der Waals surface area contributed by atoms with E-state index in [9.17, 15) is 4.79 Å². The molecule has 0 saturated heterocycles. The second-order valence-corrected chi connectivity index (χ2v) is 4.95. The molecule has 1 amide bonds. The topological polar surface area (TPSA) is 61.0 Å². The Morgan fingerprint density at radius 2 is 2.05 bits per heavy atom. The molecule has 0 unspecified atom stereocenters. The molecule has 2 N–H and O–H groups in total. The fourth-order valence-electron chi connectivity index (χ4n) is 2.20. The summed E-state index contributed by atoms with van der Waals surface area (Å²) in [6.45, 7) is 7.87. The van der Waals surface area contributed by atoms with Gasteiger partial charge < -0.3 is 5.32 Å². The minimum atomic E-state index is -0.113. The van der Waals surface area contributed by atoms with Gasteiger partial charge in [-0.1, -0.05) is 38.1 Å². The zero-order valence-corrected chi connectivity index (χ0v) is 12.6. The third-order valence-electron chi connectivity index (χ3n) is 3.51. The third kappa shape index (κ3) is 4.43. The van der Waals surface area contributed by atoms with E-state index in [0.29, 0.717) is 12.1 Å². The number of carbonyl (C=O) groups excluding carboxylic acids is 1. The molecule has 2 aromatic rings. The Kier molecular flexibility index (Phi) is 5.51. The highest BCUT2D eigenvalue weighted by Gasteiger charge is 2.06. The van der Waals surface area contributed by atoms with Crippen LogP contribution >= 0.6 is 0 Å². The van der Waals surface area contributed by atoms with Crippen LogP contribution in [0.3, 0.4) is 0 Å². The molecule has 0 aliphatic carbocycles. The van der Waals surface area contributed by atoms with Gasteiger partial charge in [0.15, 0.2) is 0 Å². The number of hydrogen-bond acceptors (Lipinski definition) is 3. The van der Waals surface area contributed by atoms with Crippen molar-refractivity contribution in [2.24, 2.45) is 0 Å². The molecule has 1 aromatic carbocycles. The van der Waals surface area contributed by atoms with Crippen LogP contribution < -0.4 is 5.32 Å². The molecule has 5 heteroatoms. The quantitative estimate of drug-likeness (QED) is 0.820. The minimum Gasteiger partial charge on any atom is -0.348 e. The number of nitrogens with one attached hydrogen (secondary N) is 2. The van der Waals surface area contributed by atoms with E-state index < -0.39 is 0 Å². The van der Waals surface area contributed by atoms with E-state index in [-0.39, 0.29) is 5.91 Å². The largest absolute Gasteiger partial charge is 0.348 e. The van der Waals surface area contributed by atoms with Crippen LogP contribution in [0.5, 0.6) is 0 Å².